The van der Waals surface area contributed by atoms with Crippen molar-refractivity contribution in [1.82, 2.24) is 19.3 Å². The molecule has 1 aliphatic rings. The van der Waals surface area contributed by atoms with Crippen molar-refractivity contribution in [3.8, 4) is 0 Å². The largest absolute Gasteiger partial charge is 0.481 e. The van der Waals surface area contributed by atoms with Crippen LogP contribution in [0.3, 0.4) is 0 Å². The van der Waals surface area contributed by atoms with Gasteiger partial charge in [-0.1, -0.05) is 18.2 Å². The smallest absolute Gasteiger partial charge is 0.336 e. The summed E-state index contributed by atoms with van der Waals surface area (Å²) >= 11 is 1.54. The number of hydrogen-bond donors (Lipinski definition) is 5. The summed E-state index contributed by atoms with van der Waals surface area (Å²) in [6.45, 7) is 7.03. The number of nitrogens with one attached hydrogen (secondary N) is 1. The Hall–Kier alpha value is -4.07. The number of fused-ring (bicyclic) bond motifs is 2. The summed E-state index contributed by atoms with van der Waals surface area (Å²) in [4.78, 5) is 54.8. The highest BCUT2D eigenvalue weighted by atomic mass is 32.1. The Bertz CT molecular complexity index is 1650. The van der Waals surface area contributed by atoms with E-state index in [0.29, 0.717) is 5.92 Å². The average Bonchev–Trinajstić information content (AvgIpc) is 3.52. The summed E-state index contributed by atoms with van der Waals surface area (Å²) < 4.78 is 1.76. The molecule has 1 aliphatic heterocycles. The van der Waals surface area contributed by atoms with E-state index in [1.807, 2.05) is 19.2 Å². The van der Waals surface area contributed by atoms with Crippen LogP contribution in [0.5, 0.6) is 0 Å². The molecule has 5 rings (SSSR count). The van der Waals surface area contributed by atoms with Gasteiger partial charge in [-0.25, -0.2) is 9.78 Å². The summed E-state index contributed by atoms with van der Waals surface area (Å²) in [6.07, 6.45) is 3.01. The van der Waals surface area contributed by atoms with Crippen LogP contribution in [0.2, 0.25) is 0 Å². The maximum Gasteiger partial charge on any atom is 0.336 e. The molecule has 13 heteroatoms. The first kappa shape index (κ1) is 30.9. The molecule has 0 spiro atoms. The highest BCUT2D eigenvalue weighted by molar-refractivity contribution is 7.15. The third kappa shape index (κ3) is 6.86. The number of carboxylic acids is 3. The molecular formula is C29H34N4O8S. The number of rotatable bonds is 9. The minimum Gasteiger partial charge on any atom is -0.481 e. The number of piperidine rings is 1. The maximum absolute atomic E-state index is 12.9. The molecule has 1 saturated heterocycles. The lowest BCUT2D eigenvalue weighted by Crippen LogP contribution is -2.42. The first-order chi connectivity index (χ1) is 19.9. The van der Waals surface area contributed by atoms with E-state index in [0.717, 1.165) is 48.0 Å². The molecule has 0 unspecified atom stereocenters. The van der Waals surface area contributed by atoms with Gasteiger partial charge in [-0.3, -0.25) is 18.8 Å². The van der Waals surface area contributed by atoms with Gasteiger partial charge in [-0.2, -0.15) is 0 Å². The molecular weight excluding hydrogens is 564 g/mol. The molecule has 1 aromatic carbocycles. The Morgan fingerprint density at radius 3 is 2.33 bits per heavy atom. The van der Waals surface area contributed by atoms with Crippen LogP contribution in [0.1, 0.15) is 54.1 Å². The molecule has 4 heterocycles. The van der Waals surface area contributed by atoms with E-state index < -0.39 is 36.4 Å². The van der Waals surface area contributed by atoms with E-state index in [2.05, 4.69) is 45.3 Å². The standard InChI is InChI=1S/C23H26N4OS.C6H8O7/c1-15-14-29-23-25-16(2)18(22(28)27(15)23)9-12-26-10-7-17(8-11-26)20-13-24-21-6-4-3-5-19(20)21;7-3(8)1-6(13,5(11)12)2-4(9)10/h3-6,13-14,17,24H,7-12H2,1-2H3;13H,1-2H2,(H,7,8)(H,9,10)(H,11,12). The Kier molecular flexibility index (Phi) is 9.44. The highest BCUT2D eigenvalue weighted by Gasteiger charge is 2.40. The lowest BCUT2D eigenvalue weighted by atomic mass is 9.89. The van der Waals surface area contributed by atoms with Crippen LogP contribution in [0.15, 0.2) is 40.6 Å². The predicted octanol–water partition coefficient (Wildman–Crippen LogP) is 3.03. The highest BCUT2D eigenvalue weighted by Crippen LogP contribution is 2.33. The van der Waals surface area contributed by atoms with Gasteiger partial charge in [0.2, 0.25) is 0 Å². The number of aliphatic hydroxyl groups is 1. The van der Waals surface area contributed by atoms with Crippen molar-refractivity contribution in [1.29, 1.82) is 0 Å². The van der Waals surface area contributed by atoms with Crippen molar-refractivity contribution in [2.45, 2.75) is 57.5 Å². The lowest BCUT2D eigenvalue weighted by Gasteiger charge is -2.32. The van der Waals surface area contributed by atoms with E-state index >= 15 is 0 Å². The van der Waals surface area contributed by atoms with Gasteiger partial charge in [-0.15, -0.1) is 11.3 Å². The molecule has 0 saturated carbocycles. The number of H-pyrrole nitrogens is 1. The van der Waals surface area contributed by atoms with Gasteiger partial charge in [0.1, 0.15) is 0 Å². The molecule has 224 valence electrons. The predicted molar refractivity (Wildman–Crippen MR) is 156 cm³/mol. The van der Waals surface area contributed by atoms with Crippen LogP contribution in [0.25, 0.3) is 15.9 Å². The molecule has 0 bridgehead atoms. The van der Waals surface area contributed by atoms with E-state index in [9.17, 15) is 19.2 Å². The van der Waals surface area contributed by atoms with Gasteiger partial charge < -0.3 is 30.3 Å². The van der Waals surface area contributed by atoms with Gasteiger partial charge in [0.15, 0.2) is 10.6 Å². The minimum atomic E-state index is -2.74. The number of aromatic amines is 1. The Balaban J connectivity index is 0.000000266. The van der Waals surface area contributed by atoms with E-state index in [1.54, 1.807) is 4.40 Å². The molecule has 5 N–H and O–H groups in total. The van der Waals surface area contributed by atoms with E-state index in [-0.39, 0.29) is 5.56 Å². The lowest BCUT2D eigenvalue weighted by molar-refractivity contribution is -0.170. The first-order valence-corrected chi connectivity index (χ1v) is 14.4. The van der Waals surface area contributed by atoms with Crippen LogP contribution in [-0.2, 0) is 20.8 Å². The summed E-state index contributed by atoms with van der Waals surface area (Å²) in [5.41, 5.74) is 2.78. The zero-order valence-corrected chi connectivity index (χ0v) is 24.2. The summed E-state index contributed by atoms with van der Waals surface area (Å²) in [6, 6.07) is 8.57. The zero-order chi connectivity index (χ0) is 30.6. The number of likely N-dealkylation sites (tertiary alicyclic amines) is 1. The van der Waals surface area contributed by atoms with Gasteiger partial charge in [0.05, 0.1) is 12.8 Å². The second kappa shape index (κ2) is 12.8. The molecule has 1 fully saturated rings. The molecule has 4 aromatic rings. The average molecular weight is 599 g/mol. The SMILES string of the molecule is Cc1nc2scc(C)n2c(=O)c1CCN1CCC(c2c[nH]c3ccccc23)CC1.O=C(O)CC(O)(CC(=O)O)C(=O)O. The van der Waals surface area contributed by atoms with Crippen LogP contribution < -0.4 is 5.56 Å². The second-order valence-electron chi connectivity index (χ2n) is 10.6. The van der Waals surface area contributed by atoms with Crippen molar-refractivity contribution in [3.63, 3.8) is 0 Å². The number of carbonyl (C=O) groups is 3. The zero-order valence-electron chi connectivity index (χ0n) is 23.4. The van der Waals surface area contributed by atoms with Gasteiger partial charge in [0.25, 0.3) is 5.56 Å². The molecule has 0 radical (unpaired) electrons. The first-order valence-electron chi connectivity index (χ1n) is 13.5. The molecule has 0 aliphatic carbocycles. The fourth-order valence-electron chi connectivity index (χ4n) is 5.39. The number of thiazole rings is 1. The molecule has 3 aromatic heterocycles. The number of nitrogens with zero attached hydrogens (tertiary/aromatic N) is 3. The summed E-state index contributed by atoms with van der Waals surface area (Å²) in [7, 11) is 0. The fourth-order valence-corrected chi connectivity index (χ4v) is 6.29. The number of aromatic nitrogens is 3. The number of benzene rings is 1. The fraction of sp³-hybridized carbons (Fsp3) is 0.414. The van der Waals surface area contributed by atoms with Crippen molar-refractivity contribution >= 4 is 45.1 Å². The van der Waals surface area contributed by atoms with Gasteiger partial charge in [-0.05, 0) is 63.7 Å². The number of para-hydroxylation sites is 1. The normalized spacial score (nSPS) is 14.5. The van der Waals surface area contributed by atoms with Gasteiger partial charge in [0, 0.05) is 46.0 Å². The molecule has 42 heavy (non-hydrogen) atoms. The van der Waals surface area contributed by atoms with E-state index in [4.69, 9.17) is 20.4 Å². The molecule has 0 atom stereocenters. The maximum atomic E-state index is 12.9. The van der Waals surface area contributed by atoms with E-state index in [1.165, 1.54) is 40.6 Å². The summed E-state index contributed by atoms with van der Waals surface area (Å²) in [5.74, 6) is -4.41. The van der Waals surface area contributed by atoms with Gasteiger partial charge >= 0.3 is 17.9 Å². The topological polar surface area (TPSA) is 186 Å². The molecule has 0 amide bonds. The van der Waals surface area contributed by atoms with Crippen LogP contribution >= 0.6 is 11.3 Å². The number of aliphatic carboxylic acids is 3. The number of aryl methyl sites for hydroxylation is 2. The quantitative estimate of drug-likeness (QED) is 0.192. The van der Waals surface area contributed by atoms with Crippen molar-refractivity contribution in [2.24, 2.45) is 0 Å². The Morgan fingerprint density at radius 1 is 1.07 bits per heavy atom. The van der Waals surface area contributed by atoms with Crippen molar-refractivity contribution < 1.29 is 34.8 Å². The third-order valence-electron chi connectivity index (χ3n) is 7.65. The summed E-state index contributed by atoms with van der Waals surface area (Å²) in [5, 5.41) is 37.2. The van der Waals surface area contributed by atoms with Crippen molar-refractivity contribution in [3.05, 3.63) is 68.7 Å². The molecule has 12 nitrogen and oxygen atoms in total. The number of hydrogen-bond acceptors (Lipinski definition) is 8. The monoisotopic (exact) mass is 598 g/mol. The van der Waals surface area contributed by atoms with Crippen LogP contribution in [-0.4, -0.2) is 82.8 Å². The third-order valence-corrected chi connectivity index (χ3v) is 8.60. The minimum absolute atomic E-state index is 0.111. The van der Waals surface area contributed by atoms with Crippen molar-refractivity contribution in [2.75, 3.05) is 19.6 Å². The van der Waals surface area contributed by atoms with Crippen LogP contribution in [0, 0.1) is 13.8 Å². The Morgan fingerprint density at radius 2 is 1.71 bits per heavy atom. The van der Waals surface area contributed by atoms with Crippen LogP contribution in [0.4, 0.5) is 0 Å². The second-order valence-corrected chi connectivity index (χ2v) is 11.4. The Labute approximate surface area is 244 Å². The number of carboxylic acid groups (broad SMARTS) is 3.